The first kappa shape index (κ1) is 16.8. The van der Waals surface area contributed by atoms with E-state index in [0.717, 1.165) is 7.65 Å². The summed E-state index contributed by atoms with van der Waals surface area (Å²) >= 11 is 18.1. The van der Waals surface area contributed by atoms with Crippen LogP contribution in [-0.2, 0) is 0 Å². The summed E-state index contributed by atoms with van der Waals surface area (Å²) in [5, 5.41) is 0. The van der Waals surface area contributed by atoms with Crippen molar-refractivity contribution in [3.05, 3.63) is 7.65 Å². The molecule has 4 rings (SSSR count). The summed E-state index contributed by atoms with van der Waals surface area (Å²) in [5.74, 6) is 4.95. The van der Waals surface area contributed by atoms with Crippen molar-refractivity contribution in [2.24, 2.45) is 0 Å². The number of hydrogen-bond acceptors (Lipinski definition) is 10. The van der Waals surface area contributed by atoms with Crippen LogP contribution in [0.5, 0.6) is 0 Å². The Bertz CT molecular complexity index is 625. The van der Waals surface area contributed by atoms with Gasteiger partial charge in [0.1, 0.15) is 7.65 Å². The maximum absolute atomic E-state index is 5.17. The minimum atomic E-state index is 1.09. The number of rotatable bonds is 0. The Morgan fingerprint density at radius 2 is 0.950 bits per heavy atom. The van der Waals surface area contributed by atoms with Gasteiger partial charge in [-0.15, -0.1) is 47.0 Å². The molecule has 0 bridgehead atoms. The van der Waals surface area contributed by atoms with Gasteiger partial charge >= 0.3 is 0 Å². The normalized spacial score (nSPS) is 16.8. The molecule has 0 amide bonds. The summed E-state index contributed by atoms with van der Waals surface area (Å²) in [6.07, 6.45) is 0. The number of thioether (sulfide) groups is 4. The largest absolute Gasteiger partial charge is 0.121 e. The maximum atomic E-state index is 5.17. The Labute approximate surface area is 159 Å². The van der Waals surface area contributed by atoms with Crippen LogP contribution < -0.4 is 0 Å². The molecule has 0 aliphatic carbocycles. The van der Waals surface area contributed by atoms with Gasteiger partial charge < -0.3 is 0 Å². The van der Waals surface area contributed by atoms with Crippen LogP contribution in [0.4, 0.5) is 0 Å². The first-order valence-electron chi connectivity index (χ1n) is 5.53. The predicted octanol–water partition coefficient (Wildman–Crippen LogP) is 7.47. The van der Waals surface area contributed by atoms with E-state index in [1.165, 1.54) is 41.2 Å². The summed E-state index contributed by atoms with van der Waals surface area (Å²) in [7, 11) is 7.13. The van der Waals surface area contributed by atoms with Gasteiger partial charge in [-0.05, 0) is 0 Å². The van der Waals surface area contributed by atoms with Crippen LogP contribution >= 0.6 is 113 Å². The van der Waals surface area contributed by atoms with E-state index in [4.69, 9.17) is 24.4 Å². The third-order valence-corrected chi connectivity index (χ3v) is 15.2. The standard InChI is InChI=1S/2C5H4S5/c2*6-4-3-5(10-9-4)8-2-1-7-3/h2*1-2H2. The molecule has 0 saturated carbocycles. The number of fused-ring (bicyclic) bond motifs is 2. The molecule has 0 radical (unpaired) electrons. The molecule has 0 atom stereocenters. The molecule has 0 aromatic carbocycles. The zero-order valence-corrected chi connectivity index (χ0v) is 18.1. The highest BCUT2D eigenvalue weighted by atomic mass is 32.9. The SMILES string of the molecule is S=c1ssc2c1SCCS2.S=c1ssc2c1SCCS2. The van der Waals surface area contributed by atoms with Crippen LogP contribution in [-0.4, -0.2) is 23.0 Å². The molecule has 2 aromatic rings. The van der Waals surface area contributed by atoms with Crippen molar-refractivity contribution in [1.82, 2.24) is 0 Å². The van der Waals surface area contributed by atoms with Crippen LogP contribution in [0.25, 0.3) is 0 Å². The molecule has 2 aromatic heterocycles. The molecule has 0 fully saturated rings. The topological polar surface area (TPSA) is 0 Å². The monoisotopic (exact) mass is 448 g/mol. The molecule has 108 valence electrons. The molecule has 20 heavy (non-hydrogen) atoms. The smallest absolute Gasteiger partial charge is 0.116 e. The van der Waals surface area contributed by atoms with E-state index in [9.17, 15) is 0 Å². The van der Waals surface area contributed by atoms with Crippen molar-refractivity contribution in [2.45, 2.75) is 18.2 Å². The quantitative estimate of drug-likeness (QED) is 0.300. The van der Waals surface area contributed by atoms with E-state index in [1.54, 1.807) is 20.7 Å². The third kappa shape index (κ3) is 4.07. The summed E-state index contributed by atoms with van der Waals surface area (Å²) < 4.78 is 5.09. The van der Waals surface area contributed by atoms with Crippen molar-refractivity contribution in [1.29, 1.82) is 0 Å². The molecular weight excluding hydrogens is 441 g/mol. The molecule has 0 N–H and O–H groups in total. The van der Waals surface area contributed by atoms with Crippen LogP contribution in [0.3, 0.4) is 0 Å². The highest BCUT2D eigenvalue weighted by molar-refractivity contribution is 8.09. The van der Waals surface area contributed by atoms with E-state index in [-0.39, 0.29) is 0 Å². The lowest BCUT2D eigenvalue weighted by Crippen LogP contribution is -1.89. The Kier molecular flexibility index (Phi) is 6.85. The molecule has 2 aliphatic heterocycles. The fourth-order valence-corrected chi connectivity index (χ4v) is 14.0. The molecular formula is C10H8S10. The molecule has 0 saturated heterocycles. The van der Waals surface area contributed by atoms with Gasteiger partial charge in [-0.3, -0.25) is 0 Å². The molecule has 4 heterocycles. The van der Waals surface area contributed by atoms with E-state index < -0.39 is 0 Å². The fraction of sp³-hybridized carbons (Fsp3) is 0.400. The highest BCUT2D eigenvalue weighted by Crippen LogP contribution is 2.44. The summed E-state index contributed by atoms with van der Waals surface area (Å²) in [6, 6.07) is 0. The molecule has 2 aliphatic rings. The summed E-state index contributed by atoms with van der Waals surface area (Å²) in [5.41, 5.74) is 0. The van der Waals surface area contributed by atoms with E-state index >= 15 is 0 Å². The lowest BCUT2D eigenvalue weighted by Gasteiger charge is -2.06. The number of hydrogen-bond donors (Lipinski definition) is 0. The Hall–Kier alpha value is 1.94. The highest BCUT2D eigenvalue weighted by Gasteiger charge is 2.14. The van der Waals surface area contributed by atoms with Crippen LogP contribution in [0.1, 0.15) is 0 Å². The second kappa shape index (κ2) is 8.16. The Balaban J connectivity index is 0.000000121. The molecule has 0 nitrogen and oxygen atoms in total. The zero-order valence-electron chi connectivity index (χ0n) is 9.91. The van der Waals surface area contributed by atoms with Crippen molar-refractivity contribution >= 4 is 113 Å². The van der Waals surface area contributed by atoms with Gasteiger partial charge in [0.25, 0.3) is 0 Å². The molecule has 10 heteroatoms. The Morgan fingerprint density at radius 1 is 0.550 bits per heavy atom. The van der Waals surface area contributed by atoms with Crippen molar-refractivity contribution in [2.75, 3.05) is 23.0 Å². The minimum Gasteiger partial charge on any atom is -0.121 e. The second-order valence-electron chi connectivity index (χ2n) is 3.54. The summed E-state index contributed by atoms with van der Waals surface area (Å²) in [4.78, 5) is 2.75. The first-order chi connectivity index (χ1) is 9.75. The van der Waals surface area contributed by atoms with E-state index in [2.05, 4.69) is 0 Å². The minimum absolute atomic E-state index is 1.09. The van der Waals surface area contributed by atoms with Crippen LogP contribution in [0.2, 0.25) is 0 Å². The van der Waals surface area contributed by atoms with Gasteiger partial charge in [-0.25, -0.2) is 0 Å². The molecule has 0 unspecified atom stereocenters. The fourth-order valence-electron chi connectivity index (χ4n) is 1.44. The average Bonchev–Trinajstić information content (AvgIpc) is 3.05. The van der Waals surface area contributed by atoms with Gasteiger partial charge in [0.05, 0.1) is 18.2 Å². The van der Waals surface area contributed by atoms with Gasteiger partial charge in [0, 0.05) is 23.0 Å². The van der Waals surface area contributed by atoms with Gasteiger partial charge in [-0.1, -0.05) is 65.8 Å². The van der Waals surface area contributed by atoms with Gasteiger partial charge in [0.15, 0.2) is 0 Å². The van der Waals surface area contributed by atoms with Gasteiger partial charge in [0.2, 0.25) is 0 Å². The van der Waals surface area contributed by atoms with Crippen LogP contribution in [0, 0.1) is 7.65 Å². The first-order valence-corrected chi connectivity index (χ1v) is 14.6. The lowest BCUT2D eigenvalue weighted by atomic mass is 10.8. The predicted molar refractivity (Wildman–Crippen MR) is 109 cm³/mol. The van der Waals surface area contributed by atoms with Crippen molar-refractivity contribution in [3.8, 4) is 0 Å². The van der Waals surface area contributed by atoms with Crippen molar-refractivity contribution in [3.63, 3.8) is 0 Å². The third-order valence-electron chi connectivity index (χ3n) is 2.25. The zero-order chi connectivity index (χ0) is 13.9. The van der Waals surface area contributed by atoms with Gasteiger partial charge in [-0.2, -0.15) is 0 Å². The van der Waals surface area contributed by atoms with Crippen molar-refractivity contribution < 1.29 is 0 Å². The van der Waals surface area contributed by atoms with Crippen LogP contribution in [0.15, 0.2) is 18.2 Å². The lowest BCUT2D eigenvalue weighted by molar-refractivity contribution is 1.34. The van der Waals surface area contributed by atoms with E-state index in [1.807, 2.05) is 67.7 Å². The molecule has 0 spiro atoms. The second-order valence-corrected chi connectivity index (χ2v) is 14.1. The average molecular weight is 449 g/mol. The summed E-state index contributed by atoms with van der Waals surface area (Å²) in [6.45, 7) is 0. The Morgan fingerprint density at radius 3 is 1.35 bits per heavy atom. The maximum Gasteiger partial charge on any atom is 0.116 e. The van der Waals surface area contributed by atoms with E-state index in [0.29, 0.717) is 0 Å².